The molecule has 1 fully saturated rings. The first-order chi connectivity index (χ1) is 13.7. The van der Waals surface area contributed by atoms with Crippen LogP contribution in [0.3, 0.4) is 0 Å². The molecule has 0 radical (unpaired) electrons. The van der Waals surface area contributed by atoms with Crippen molar-refractivity contribution in [1.29, 1.82) is 0 Å². The number of hydrogen-bond donors (Lipinski definition) is 4. The maximum Gasteiger partial charge on any atom is 0.426 e. The van der Waals surface area contributed by atoms with Gasteiger partial charge in [-0.05, 0) is 32.1 Å². The molecule has 160 valence electrons. The van der Waals surface area contributed by atoms with Gasteiger partial charge in [0.1, 0.15) is 11.8 Å². The Morgan fingerprint density at radius 2 is 2.10 bits per heavy atom. The SMILES string of the molecule is Cc1cc(C(=O)N[C@@H](CCC(C)C)C(=O)NN(C[C@@H]2CCNC2=O)C(=O)O)no1. The summed E-state index contributed by atoms with van der Waals surface area (Å²) in [7, 11) is 0. The summed E-state index contributed by atoms with van der Waals surface area (Å²) in [6.07, 6.45) is 0.0361. The Labute approximate surface area is 168 Å². The van der Waals surface area contributed by atoms with Gasteiger partial charge in [-0.3, -0.25) is 19.8 Å². The van der Waals surface area contributed by atoms with Gasteiger partial charge in [0.15, 0.2) is 5.69 Å². The molecule has 2 atom stereocenters. The predicted molar refractivity (Wildman–Crippen MR) is 101 cm³/mol. The second-order valence-corrected chi connectivity index (χ2v) is 7.47. The smallest absolute Gasteiger partial charge is 0.426 e. The monoisotopic (exact) mass is 409 g/mol. The molecular weight excluding hydrogens is 382 g/mol. The van der Waals surface area contributed by atoms with E-state index in [0.717, 1.165) is 0 Å². The fourth-order valence-corrected chi connectivity index (χ4v) is 2.90. The minimum Gasteiger partial charge on any atom is -0.464 e. The molecule has 2 heterocycles. The molecule has 29 heavy (non-hydrogen) atoms. The summed E-state index contributed by atoms with van der Waals surface area (Å²) >= 11 is 0. The number of hydrogen-bond acceptors (Lipinski definition) is 6. The molecule has 11 heteroatoms. The summed E-state index contributed by atoms with van der Waals surface area (Å²) < 4.78 is 4.87. The highest BCUT2D eigenvalue weighted by atomic mass is 16.5. The van der Waals surface area contributed by atoms with Crippen LogP contribution >= 0.6 is 0 Å². The van der Waals surface area contributed by atoms with Gasteiger partial charge >= 0.3 is 6.09 Å². The molecule has 0 aromatic carbocycles. The van der Waals surface area contributed by atoms with Crippen molar-refractivity contribution in [2.24, 2.45) is 11.8 Å². The third kappa shape index (κ3) is 6.47. The second kappa shape index (κ2) is 9.89. The van der Waals surface area contributed by atoms with Crippen LogP contribution in [0, 0.1) is 18.8 Å². The molecule has 0 aliphatic carbocycles. The number of rotatable bonds is 8. The molecule has 4 amide bonds. The lowest BCUT2D eigenvalue weighted by Gasteiger charge is -2.25. The van der Waals surface area contributed by atoms with Gasteiger partial charge in [-0.15, -0.1) is 0 Å². The number of carboxylic acid groups (broad SMARTS) is 1. The zero-order valence-electron chi connectivity index (χ0n) is 16.7. The molecule has 0 spiro atoms. The van der Waals surface area contributed by atoms with E-state index in [1.165, 1.54) is 6.07 Å². The number of nitrogens with one attached hydrogen (secondary N) is 3. The van der Waals surface area contributed by atoms with Crippen LogP contribution in [-0.4, -0.2) is 58.2 Å². The van der Waals surface area contributed by atoms with E-state index in [4.69, 9.17) is 4.52 Å². The first-order valence-corrected chi connectivity index (χ1v) is 9.50. The van der Waals surface area contributed by atoms with E-state index in [-0.39, 0.29) is 24.1 Å². The number of carbonyl (C=O) groups is 4. The molecule has 0 bridgehead atoms. The summed E-state index contributed by atoms with van der Waals surface area (Å²) in [5.74, 6) is -1.34. The van der Waals surface area contributed by atoms with Crippen molar-refractivity contribution >= 4 is 23.8 Å². The Morgan fingerprint density at radius 3 is 2.62 bits per heavy atom. The van der Waals surface area contributed by atoms with E-state index in [0.29, 0.717) is 36.6 Å². The Hall–Kier alpha value is -3.11. The van der Waals surface area contributed by atoms with Gasteiger partial charge in [0, 0.05) is 12.6 Å². The summed E-state index contributed by atoms with van der Waals surface area (Å²) in [6.45, 7) is 5.88. The Balaban J connectivity index is 2.06. The Bertz CT molecular complexity index is 762. The molecule has 1 aliphatic heterocycles. The van der Waals surface area contributed by atoms with E-state index in [1.54, 1.807) is 6.92 Å². The zero-order chi connectivity index (χ0) is 21.6. The Morgan fingerprint density at radius 1 is 1.38 bits per heavy atom. The van der Waals surface area contributed by atoms with Crippen molar-refractivity contribution in [1.82, 2.24) is 26.2 Å². The number of carbonyl (C=O) groups excluding carboxylic acids is 3. The largest absolute Gasteiger partial charge is 0.464 e. The molecule has 11 nitrogen and oxygen atoms in total. The van der Waals surface area contributed by atoms with Crippen LogP contribution in [0.25, 0.3) is 0 Å². The standard InChI is InChI=1S/C18H27N5O6/c1-10(2)4-5-13(20-16(25)14-8-11(3)29-22-14)17(26)21-23(18(27)28)9-12-6-7-19-15(12)24/h8,10,12-13H,4-7,9H2,1-3H3,(H,19,24)(H,20,25)(H,21,26)(H,27,28)/t12-,13-/m0/s1. The van der Waals surface area contributed by atoms with Crippen LogP contribution in [0.4, 0.5) is 4.79 Å². The molecule has 0 saturated carbocycles. The highest BCUT2D eigenvalue weighted by Gasteiger charge is 2.31. The first kappa shape index (κ1) is 22.2. The van der Waals surface area contributed by atoms with E-state index >= 15 is 0 Å². The van der Waals surface area contributed by atoms with Crippen LogP contribution in [0.1, 0.15) is 49.4 Å². The average molecular weight is 409 g/mol. The lowest BCUT2D eigenvalue weighted by Crippen LogP contribution is -2.55. The summed E-state index contributed by atoms with van der Waals surface area (Å²) in [4.78, 5) is 48.3. The molecular formula is C18H27N5O6. The van der Waals surface area contributed by atoms with E-state index < -0.39 is 29.9 Å². The predicted octanol–water partition coefficient (Wildman–Crippen LogP) is 0.665. The molecule has 1 saturated heterocycles. The third-order valence-corrected chi connectivity index (χ3v) is 4.56. The molecule has 1 aliphatic rings. The minimum absolute atomic E-state index is 0.0302. The fourth-order valence-electron chi connectivity index (χ4n) is 2.90. The summed E-state index contributed by atoms with van der Waals surface area (Å²) in [6, 6.07) is 0.468. The number of amides is 4. The van der Waals surface area contributed by atoms with Crippen molar-refractivity contribution in [3.63, 3.8) is 0 Å². The number of aromatic nitrogens is 1. The van der Waals surface area contributed by atoms with Crippen LogP contribution in [-0.2, 0) is 9.59 Å². The van der Waals surface area contributed by atoms with Gasteiger partial charge < -0.3 is 20.3 Å². The molecule has 2 rings (SSSR count). The van der Waals surface area contributed by atoms with Gasteiger partial charge in [0.2, 0.25) is 5.91 Å². The molecule has 1 aromatic heterocycles. The van der Waals surface area contributed by atoms with E-state index in [1.807, 2.05) is 13.8 Å². The first-order valence-electron chi connectivity index (χ1n) is 9.50. The number of hydrazine groups is 1. The molecule has 0 unspecified atom stereocenters. The summed E-state index contributed by atoms with van der Waals surface area (Å²) in [5, 5.41) is 18.9. The quantitative estimate of drug-likeness (QED) is 0.460. The van der Waals surface area contributed by atoms with Crippen LogP contribution in [0.2, 0.25) is 0 Å². The highest BCUT2D eigenvalue weighted by Crippen LogP contribution is 2.12. The Kier molecular flexibility index (Phi) is 7.57. The maximum atomic E-state index is 12.7. The normalized spacial score (nSPS) is 17.0. The topological polar surface area (TPSA) is 154 Å². The van der Waals surface area contributed by atoms with Crippen molar-refractivity contribution in [3.05, 3.63) is 17.5 Å². The van der Waals surface area contributed by atoms with Crippen molar-refractivity contribution in [3.8, 4) is 0 Å². The van der Waals surface area contributed by atoms with Gasteiger partial charge in [0.25, 0.3) is 11.8 Å². The molecule has 1 aromatic rings. The van der Waals surface area contributed by atoms with E-state index in [2.05, 4.69) is 21.2 Å². The highest BCUT2D eigenvalue weighted by molar-refractivity contribution is 5.96. The van der Waals surface area contributed by atoms with Gasteiger partial charge in [-0.2, -0.15) is 0 Å². The van der Waals surface area contributed by atoms with Gasteiger partial charge in [-0.25, -0.2) is 9.80 Å². The number of nitrogens with zero attached hydrogens (tertiary/aromatic N) is 2. The molecule has 4 N–H and O–H groups in total. The minimum atomic E-state index is -1.39. The second-order valence-electron chi connectivity index (χ2n) is 7.47. The van der Waals surface area contributed by atoms with Crippen LogP contribution in [0.5, 0.6) is 0 Å². The lowest BCUT2D eigenvalue weighted by molar-refractivity contribution is -0.129. The van der Waals surface area contributed by atoms with Crippen LogP contribution < -0.4 is 16.1 Å². The van der Waals surface area contributed by atoms with E-state index in [9.17, 15) is 24.3 Å². The number of aryl methyl sites for hydroxylation is 1. The van der Waals surface area contributed by atoms with Gasteiger partial charge in [-0.1, -0.05) is 19.0 Å². The lowest BCUT2D eigenvalue weighted by atomic mass is 10.0. The van der Waals surface area contributed by atoms with Crippen molar-refractivity contribution in [2.75, 3.05) is 13.1 Å². The maximum absolute atomic E-state index is 12.7. The van der Waals surface area contributed by atoms with Gasteiger partial charge in [0.05, 0.1) is 12.5 Å². The fraction of sp³-hybridized carbons (Fsp3) is 0.611. The van der Waals surface area contributed by atoms with Crippen molar-refractivity contribution in [2.45, 2.75) is 46.1 Å². The van der Waals surface area contributed by atoms with Crippen LogP contribution in [0.15, 0.2) is 10.6 Å². The summed E-state index contributed by atoms with van der Waals surface area (Å²) in [5.41, 5.74) is 2.34. The average Bonchev–Trinajstić information content (AvgIpc) is 3.26. The van der Waals surface area contributed by atoms with Crippen molar-refractivity contribution < 1.29 is 28.8 Å². The zero-order valence-corrected chi connectivity index (χ0v) is 16.7. The third-order valence-electron chi connectivity index (χ3n) is 4.56.